The largest absolute Gasteiger partial charge is 0.492 e. The van der Waals surface area contributed by atoms with Crippen molar-refractivity contribution in [2.45, 2.75) is 32.7 Å². The first kappa shape index (κ1) is 20.0. The van der Waals surface area contributed by atoms with Gasteiger partial charge in [0.15, 0.2) is 0 Å². The molecule has 0 spiro atoms. The lowest BCUT2D eigenvalue weighted by Gasteiger charge is -2.16. The topological polar surface area (TPSA) is 57.4 Å². The first-order valence-corrected chi connectivity index (χ1v) is 9.74. The summed E-state index contributed by atoms with van der Waals surface area (Å²) < 4.78 is 5.70. The van der Waals surface area contributed by atoms with Crippen molar-refractivity contribution in [2.75, 3.05) is 26.0 Å². The molecule has 0 saturated heterocycles. The smallest absolute Gasteiger partial charge is 0.225 e. The van der Waals surface area contributed by atoms with Gasteiger partial charge in [-0.15, -0.1) is 0 Å². The molecule has 2 N–H and O–H groups in total. The molecule has 0 aliphatic heterocycles. The molecule has 3 rings (SSSR count). The van der Waals surface area contributed by atoms with Gasteiger partial charge in [-0.3, -0.25) is 4.79 Å². The summed E-state index contributed by atoms with van der Waals surface area (Å²) in [7, 11) is 4.05. The van der Waals surface area contributed by atoms with Gasteiger partial charge in [-0.2, -0.15) is 0 Å². The first-order valence-electron chi connectivity index (χ1n) is 9.74. The summed E-state index contributed by atoms with van der Waals surface area (Å²) >= 11 is 0. The van der Waals surface area contributed by atoms with E-state index in [9.17, 15) is 4.79 Å². The monoisotopic (exact) mass is 379 g/mol. The van der Waals surface area contributed by atoms with Gasteiger partial charge in [0.05, 0.1) is 12.3 Å². The van der Waals surface area contributed by atoms with Crippen LogP contribution in [0.25, 0.3) is 10.9 Å². The summed E-state index contributed by atoms with van der Waals surface area (Å²) in [6.45, 7) is 5.39. The first-order chi connectivity index (χ1) is 13.5. The van der Waals surface area contributed by atoms with Crippen molar-refractivity contribution < 1.29 is 9.53 Å². The third kappa shape index (κ3) is 4.73. The fraction of sp³-hybridized carbons (Fsp3) is 0.348. The van der Waals surface area contributed by atoms with Gasteiger partial charge in [-0.1, -0.05) is 31.2 Å². The molecular formula is C23H29N3O2. The second kappa shape index (κ2) is 8.93. The van der Waals surface area contributed by atoms with E-state index in [1.54, 1.807) is 0 Å². The highest BCUT2D eigenvalue weighted by Crippen LogP contribution is 2.30. The van der Waals surface area contributed by atoms with Crippen LogP contribution in [0.1, 0.15) is 37.3 Å². The van der Waals surface area contributed by atoms with E-state index in [4.69, 9.17) is 4.74 Å². The van der Waals surface area contributed by atoms with Crippen molar-refractivity contribution in [1.82, 2.24) is 9.88 Å². The number of benzene rings is 2. The van der Waals surface area contributed by atoms with Gasteiger partial charge in [-0.05, 0) is 56.3 Å². The predicted octanol–water partition coefficient (Wildman–Crippen LogP) is 4.76. The predicted molar refractivity (Wildman–Crippen MR) is 115 cm³/mol. The van der Waals surface area contributed by atoms with Gasteiger partial charge in [0, 0.05) is 30.1 Å². The lowest BCUT2D eigenvalue weighted by Crippen LogP contribution is -2.16. The number of carbonyl (C=O) groups excluding carboxylic acids is 1. The van der Waals surface area contributed by atoms with Crippen molar-refractivity contribution in [3.05, 3.63) is 59.8 Å². The molecule has 28 heavy (non-hydrogen) atoms. The Morgan fingerprint density at radius 3 is 2.75 bits per heavy atom. The number of H-pyrrole nitrogens is 1. The van der Waals surface area contributed by atoms with Gasteiger partial charge in [0.25, 0.3) is 0 Å². The van der Waals surface area contributed by atoms with E-state index in [-0.39, 0.29) is 11.8 Å². The van der Waals surface area contributed by atoms with E-state index >= 15 is 0 Å². The Kier molecular flexibility index (Phi) is 6.37. The Balaban J connectivity index is 1.74. The molecule has 0 aliphatic rings. The van der Waals surface area contributed by atoms with E-state index in [1.807, 2.05) is 57.5 Å². The number of ether oxygens (including phenoxy) is 1. The maximum absolute atomic E-state index is 12.8. The minimum Gasteiger partial charge on any atom is -0.492 e. The maximum atomic E-state index is 12.8. The molecule has 5 heteroatoms. The summed E-state index contributed by atoms with van der Waals surface area (Å²) in [6.07, 6.45) is 2.41. The third-order valence-electron chi connectivity index (χ3n) is 4.76. The fourth-order valence-corrected chi connectivity index (χ4v) is 3.51. The summed E-state index contributed by atoms with van der Waals surface area (Å²) in [4.78, 5) is 18.1. The molecule has 0 unspecified atom stereocenters. The summed E-state index contributed by atoms with van der Waals surface area (Å²) in [5.41, 5.74) is 4.13. The third-order valence-corrected chi connectivity index (χ3v) is 4.76. The Labute approximate surface area is 166 Å². The number of amides is 1. The lowest BCUT2D eigenvalue weighted by atomic mass is 9.97. The van der Waals surface area contributed by atoms with E-state index in [0.29, 0.717) is 18.8 Å². The van der Waals surface area contributed by atoms with Gasteiger partial charge in [0.1, 0.15) is 5.75 Å². The molecule has 2 aromatic carbocycles. The molecule has 5 nitrogen and oxygen atoms in total. The van der Waals surface area contributed by atoms with Gasteiger partial charge >= 0.3 is 0 Å². The van der Waals surface area contributed by atoms with Gasteiger partial charge < -0.3 is 19.9 Å². The quantitative estimate of drug-likeness (QED) is 0.593. The van der Waals surface area contributed by atoms with E-state index in [1.165, 1.54) is 5.39 Å². The zero-order valence-corrected chi connectivity index (χ0v) is 17.1. The van der Waals surface area contributed by atoms with Crippen molar-refractivity contribution in [3.63, 3.8) is 0 Å². The number of hydrogen-bond acceptors (Lipinski definition) is 3. The molecule has 1 amide bonds. The van der Waals surface area contributed by atoms with Crippen LogP contribution in [0, 0.1) is 0 Å². The van der Waals surface area contributed by atoms with Crippen LogP contribution in [0.5, 0.6) is 5.75 Å². The standard InChI is InChI=1S/C23H29N3O2/c1-5-28-22-11-10-17(15-26(3)4)13-21(22)25-23(27)12-16(2)19-14-24-20-9-7-6-8-18(19)20/h6-11,13-14,16,24H,5,12,15H2,1-4H3,(H,25,27)/t16-/m1/s1. The Morgan fingerprint density at radius 1 is 1.21 bits per heavy atom. The van der Waals surface area contributed by atoms with Crippen LogP contribution in [0.15, 0.2) is 48.7 Å². The number of anilines is 1. The number of aromatic nitrogens is 1. The van der Waals surface area contributed by atoms with Crippen LogP contribution >= 0.6 is 0 Å². The number of nitrogens with one attached hydrogen (secondary N) is 2. The van der Waals surface area contributed by atoms with Gasteiger partial charge in [0.2, 0.25) is 5.91 Å². The van der Waals surface area contributed by atoms with E-state index in [0.717, 1.165) is 28.9 Å². The highest BCUT2D eigenvalue weighted by Gasteiger charge is 2.16. The fourth-order valence-electron chi connectivity index (χ4n) is 3.51. The molecule has 0 fully saturated rings. The van der Waals surface area contributed by atoms with Crippen LogP contribution < -0.4 is 10.1 Å². The zero-order chi connectivity index (χ0) is 20.1. The van der Waals surface area contributed by atoms with Crippen molar-refractivity contribution in [3.8, 4) is 5.75 Å². The highest BCUT2D eigenvalue weighted by atomic mass is 16.5. The second-order valence-corrected chi connectivity index (χ2v) is 7.44. The SMILES string of the molecule is CCOc1ccc(CN(C)C)cc1NC(=O)C[C@@H](C)c1c[nH]c2ccccc12. The molecule has 1 aromatic heterocycles. The Morgan fingerprint density at radius 2 is 2.00 bits per heavy atom. The molecule has 3 aromatic rings. The summed E-state index contributed by atoms with van der Waals surface area (Å²) in [6, 6.07) is 14.1. The number of hydrogen-bond donors (Lipinski definition) is 2. The Bertz CT molecular complexity index is 946. The highest BCUT2D eigenvalue weighted by molar-refractivity contribution is 5.93. The maximum Gasteiger partial charge on any atom is 0.225 e. The number of aromatic amines is 1. The van der Waals surface area contributed by atoms with E-state index < -0.39 is 0 Å². The Hall–Kier alpha value is -2.79. The van der Waals surface area contributed by atoms with Crippen LogP contribution in [0.3, 0.4) is 0 Å². The molecular weight excluding hydrogens is 350 g/mol. The van der Waals surface area contributed by atoms with Crippen molar-refractivity contribution in [1.29, 1.82) is 0 Å². The minimum absolute atomic E-state index is 0.0132. The number of rotatable bonds is 8. The van der Waals surface area contributed by atoms with Crippen molar-refractivity contribution in [2.24, 2.45) is 0 Å². The molecule has 0 saturated carbocycles. The molecule has 0 radical (unpaired) electrons. The van der Waals surface area contributed by atoms with Gasteiger partial charge in [-0.25, -0.2) is 0 Å². The van der Waals surface area contributed by atoms with Crippen LogP contribution in [-0.4, -0.2) is 36.5 Å². The van der Waals surface area contributed by atoms with E-state index in [2.05, 4.69) is 34.3 Å². The molecule has 0 bridgehead atoms. The number of nitrogens with zero attached hydrogens (tertiary/aromatic N) is 1. The lowest BCUT2D eigenvalue weighted by molar-refractivity contribution is -0.116. The summed E-state index contributed by atoms with van der Waals surface area (Å²) in [5.74, 6) is 0.801. The van der Waals surface area contributed by atoms with Crippen molar-refractivity contribution >= 4 is 22.5 Å². The van der Waals surface area contributed by atoms with Crippen LogP contribution in [0.2, 0.25) is 0 Å². The molecule has 1 atom stereocenters. The molecule has 1 heterocycles. The summed E-state index contributed by atoms with van der Waals surface area (Å²) in [5, 5.41) is 4.23. The van der Waals surface area contributed by atoms with Crippen LogP contribution in [-0.2, 0) is 11.3 Å². The number of carbonyl (C=O) groups is 1. The number of fused-ring (bicyclic) bond motifs is 1. The number of para-hydroxylation sites is 1. The molecule has 0 aliphatic carbocycles. The average Bonchev–Trinajstić information content (AvgIpc) is 3.07. The average molecular weight is 380 g/mol. The normalized spacial score (nSPS) is 12.3. The zero-order valence-electron chi connectivity index (χ0n) is 17.1. The second-order valence-electron chi connectivity index (χ2n) is 7.44. The molecule has 148 valence electrons. The minimum atomic E-state index is -0.0132. The van der Waals surface area contributed by atoms with Crippen LogP contribution in [0.4, 0.5) is 5.69 Å².